The molecule has 1 aliphatic heterocycles. The molecular weight excluding hydrogens is 438 g/mol. The van der Waals surface area contributed by atoms with E-state index in [4.69, 9.17) is 21.2 Å². The Morgan fingerprint density at radius 2 is 2.06 bits per heavy atom. The third kappa shape index (κ3) is 4.03. The lowest BCUT2D eigenvalue weighted by molar-refractivity contribution is 0.0938. The first-order valence-electron chi connectivity index (χ1n) is 11.2. The van der Waals surface area contributed by atoms with Crippen molar-refractivity contribution < 1.29 is 9.53 Å². The van der Waals surface area contributed by atoms with Gasteiger partial charge in [0.2, 0.25) is 0 Å². The molecule has 2 aliphatic rings. The first kappa shape index (κ1) is 22.0. The lowest BCUT2D eigenvalue weighted by atomic mass is 9.91. The number of nitrogen functional groups attached to an aromatic ring is 1. The van der Waals surface area contributed by atoms with Gasteiger partial charge in [0.05, 0.1) is 28.9 Å². The van der Waals surface area contributed by atoms with Gasteiger partial charge in [-0.15, -0.1) is 11.3 Å². The summed E-state index contributed by atoms with van der Waals surface area (Å²) in [6, 6.07) is 4.19. The molecule has 0 aromatic carbocycles. The Morgan fingerprint density at radius 1 is 1.24 bits per heavy atom. The lowest BCUT2D eigenvalue weighted by Gasteiger charge is -2.26. The van der Waals surface area contributed by atoms with Gasteiger partial charge in [0.25, 0.3) is 5.91 Å². The highest BCUT2D eigenvalue weighted by molar-refractivity contribution is 7.21. The highest BCUT2D eigenvalue weighted by Gasteiger charge is 2.32. The normalized spacial score (nSPS) is 22.5. The molecule has 10 heteroatoms. The first-order chi connectivity index (χ1) is 15.8. The number of carbonyl (C=O) groups excluding carboxylic acids is 1. The SMILES string of the molecule is COC1CN(c2ccc3c(n2)CCC(NC(=O)c2sc4nc(C)nc(C)c4c2N)C3)CC1N. The van der Waals surface area contributed by atoms with Crippen LogP contribution in [0.25, 0.3) is 10.2 Å². The van der Waals surface area contributed by atoms with Crippen LogP contribution in [0.3, 0.4) is 0 Å². The number of carbonyl (C=O) groups is 1. The molecule has 3 aromatic heterocycles. The van der Waals surface area contributed by atoms with Crippen molar-refractivity contribution in [3.63, 3.8) is 0 Å². The van der Waals surface area contributed by atoms with Crippen molar-refractivity contribution in [2.75, 3.05) is 30.8 Å². The summed E-state index contributed by atoms with van der Waals surface area (Å²) < 4.78 is 5.47. The molecule has 1 aliphatic carbocycles. The number of nitrogens with zero attached hydrogens (tertiary/aromatic N) is 4. The predicted octanol–water partition coefficient (Wildman–Crippen LogP) is 1.73. The van der Waals surface area contributed by atoms with Crippen molar-refractivity contribution >= 4 is 39.0 Å². The van der Waals surface area contributed by atoms with E-state index in [0.717, 1.165) is 59.8 Å². The number of aryl methyl sites for hydroxylation is 3. The highest BCUT2D eigenvalue weighted by Crippen LogP contribution is 2.34. The van der Waals surface area contributed by atoms with Gasteiger partial charge in [-0.3, -0.25) is 4.79 Å². The number of pyridine rings is 1. The number of ether oxygens (including phenoxy) is 1. The zero-order valence-electron chi connectivity index (χ0n) is 19.1. The summed E-state index contributed by atoms with van der Waals surface area (Å²) in [5.74, 6) is 1.47. The van der Waals surface area contributed by atoms with Gasteiger partial charge >= 0.3 is 0 Å². The highest BCUT2D eigenvalue weighted by atomic mass is 32.1. The maximum Gasteiger partial charge on any atom is 0.263 e. The Labute approximate surface area is 196 Å². The molecule has 1 saturated heterocycles. The van der Waals surface area contributed by atoms with Crippen molar-refractivity contribution in [3.8, 4) is 0 Å². The van der Waals surface area contributed by atoms with Crippen LogP contribution in [0.1, 0.15) is 38.9 Å². The van der Waals surface area contributed by atoms with Gasteiger partial charge in [-0.1, -0.05) is 6.07 Å². The van der Waals surface area contributed by atoms with E-state index in [1.807, 2.05) is 19.9 Å². The van der Waals surface area contributed by atoms with Gasteiger partial charge in [0.1, 0.15) is 21.3 Å². The van der Waals surface area contributed by atoms with E-state index < -0.39 is 0 Å². The van der Waals surface area contributed by atoms with E-state index in [1.54, 1.807) is 7.11 Å². The number of methoxy groups -OCH3 is 1. The Hall–Kier alpha value is -2.82. The van der Waals surface area contributed by atoms with E-state index in [0.29, 0.717) is 16.4 Å². The Bertz CT molecular complexity index is 1230. The third-order valence-electron chi connectivity index (χ3n) is 6.61. The second-order valence-electron chi connectivity index (χ2n) is 8.91. The number of rotatable bonds is 4. The molecule has 5 rings (SSSR count). The van der Waals surface area contributed by atoms with Gasteiger partial charge in [-0.05, 0) is 44.7 Å². The maximum absolute atomic E-state index is 13.1. The number of nitrogens with two attached hydrogens (primary N) is 2. The standard InChI is InChI=1S/C23H29N7O2S/c1-11-19-20(25)21(33-23(19)27-12(2)26-11)22(31)28-14-5-6-16-13(8-14)4-7-18(29-16)30-9-15(24)17(10-30)32-3/h4,7,14-15,17H,5-6,8-10,24-25H2,1-3H3,(H,28,31). The summed E-state index contributed by atoms with van der Waals surface area (Å²) in [7, 11) is 1.70. The van der Waals surface area contributed by atoms with Crippen molar-refractivity contribution in [2.45, 2.75) is 51.3 Å². The van der Waals surface area contributed by atoms with Crippen LogP contribution < -0.4 is 21.7 Å². The Morgan fingerprint density at radius 3 is 2.82 bits per heavy atom. The van der Waals surface area contributed by atoms with Gasteiger partial charge in [0.15, 0.2) is 0 Å². The Balaban J connectivity index is 1.29. The molecule has 33 heavy (non-hydrogen) atoms. The van der Waals surface area contributed by atoms with Crippen LogP contribution in [0.2, 0.25) is 0 Å². The molecule has 1 fully saturated rings. The summed E-state index contributed by atoms with van der Waals surface area (Å²) in [5, 5.41) is 3.95. The van der Waals surface area contributed by atoms with Crippen LogP contribution in [0.5, 0.6) is 0 Å². The molecule has 9 nitrogen and oxygen atoms in total. The molecule has 0 spiro atoms. The second kappa shape index (κ2) is 8.51. The molecule has 1 amide bonds. The van der Waals surface area contributed by atoms with Crippen LogP contribution in [0.4, 0.5) is 11.5 Å². The number of anilines is 2. The summed E-state index contributed by atoms with van der Waals surface area (Å²) >= 11 is 1.33. The molecule has 174 valence electrons. The molecule has 3 aromatic rings. The summed E-state index contributed by atoms with van der Waals surface area (Å²) in [6.07, 6.45) is 2.42. The first-order valence-corrected chi connectivity index (χ1v) is 12.0. The van der Waals surface area contributed by atoms with Crippen LogP contribution in [-0.2, 0) is 17.6 Å². The van der Waals surface area contributed by atoms with E-state index >= 15 is 0 Å². The molecule has 5 N–H and O–H groups in total. The summed E-state index contributed by atoms with van der Waals surface area (Å²) in [5.41, 5.74) is 16.0. The average Bonchev–Trinajstić information content (AvgIpc) is 3.32. The molecule has 3 atom stereocenters. The zero-order valence-corrected chi connectivity index (χ0v) is 19.9. The van der Waals surface area contributed by atoms with Gasteiger partial charge in [0, 0.05) is 31.9 Å². The van der Waals surface area contributed by atoms with E-state index in [2.05, 4.69) is 26.3 Å². The number of hydrogen-bond acceptors (Lipinski definition) is 9. The number of nitrogens with one attached hydrogen (secondary N) is 1. The largest absolute Gasteiger partial charge is 0.397 e. The van der Waals surface area contributed by atoms with Crippen LogP contribution in [0.15, 0.2) is 12.1 Å². The van der Waals surface area contributed by atoms with E-state index in [1.165, 1.54) is 16.9 Å². The van der Waals surface area contributed by atoms with Gasteiger partial charge in [-0.2, -0.15) is 0 Å². The molecule has 0 saturated carbocycles. The molecule has 0 radical (unpaired) electrons. The van der Waals surface area contributed by atoms with Gasteiger partial charge in [-0.25, -0.2) is 15.0 Å². The fourth-order valence-corrected chi connectivity index (χ4v) is 5.98. The van der Waals surface area contributed by atoms with Crippen LogP contribution in [-0.4, -0.2) is 59.2 Å². The zero-order chi connectivity index (χ0) is 23.3. The maximum atomic E-state index is 13.1. The summed E-state index contributed by atoms with van der Waals surface area (Å²) in [4.78, 5) is 30.2. The molecule has 0 bridgehead atoms. The topological polar surface area (TPSA) is 132 Å². The lowest BCUT2D eigenvalue weighted by Crippen LogP contribution is -2.39. The van der Waals surface area contributed by atoms with Crippen LogP contribution in [0, 0.1) is 13.8 Å². The number of thiophene rings is 1. The number of hydrogen-bond donors (Lipinski definition) is 3. The van der Waals surface area contributed by atoms with Gasteiger partial charge < -0.3 is 26.4 Å². The quantitative estimate of drug-likeness (QED) is 0.529. The monoisotopic (exact) mass is 467 g/mol. The van der Waals surface area contributed by atoms with Crippen molar-refractivity contribution in [1.29, 1.82) is 0 Å². The average molecular weight is 468 g/mol. The fraction of sp³-hybridized carbons (Fsp3) is 0.478. The van der Waals surface area contributed by atoms with Crippen molar-refractivity contribution in [1.82, 2.24) is 20.3 Å². The predicted molar refractivity (Wildman–Crippen MR) is 130 cm³/mol. The third-order valence-corrected chi connectivity index (χ3v) is 7.71. The number of fused-ring (bicyclic) bond motifs is 2. The van der Waals surface area contributed by atoms with E-state index in [9.17, 15) is 4.79 Å². The van der Waals surface area contributed by atoms with Crippen molar-refractivity contribution in [3.05, 3.63) is 39.8 Å². The Kier molecular flexibility index (Phi) is 5.67. The number of amides is 1. The van der Waals surface area contributed by atoms with Crippen LogP contribution >= 0.6 is 11.3 Å². The molecular formula is C23H29N7O2S. The second-order valence-corrected chi connectivity index (χ2v) is 9.91. The molecule has 4 heterocycles. The van der Waals surface area contributed by atoms with E-state index in [-0.39, 0.29) is 24.1 Å². The number of aromatic nitrogens is 3. The minimum Gasteiger partial charge on any atom is -0.397 e. The smallest absolute Gasteiger partial charge is 0.263 e. The molecule has 3 unspecified atom stereocenters. The fourth-order valence-electron chi connectivity index (χ4n) is 4.88. The van der Waals surface area contributed by atoms with Crippen molar-refractivity contribution in [2.24, 2.45) is 5.73 Å². The minimum absolute atomic E-state index is 0.00700. The minimum atomic E-state index is -0.151. The summed E-state index contributed by atoms with van der Waals surface area (Å²) in [6.45, 7) is 5.23.